The average Bonchev–Trinajstić information content (AvgIpc) is 2.63. The second-order valence-corrected chi connectivity index (χ2v) is 5.37. The van der Waals surface area contributed by atoms with E-state index in [4.69, 9.17) is 0 Å². The van der Waals surface area contributed by atoms with E-state index in [2.05, 4.69) is 4.74 Å². The Morgan fingerprint density at radius 2 is 2.00 bits per heavy atom. The van der Waals surface area contributed by atoms with Crippen LogP contribution in [0.2, 0.25) is 0 Å². The van der Waals surface area contributed by atoms with Gasteiger partial charge in [0, 0.05) is 25.4 Å². The summed E-state index contributed by atoms with van der Waals surface area (Å²) in [4.78, 5) is 13.1. The van der Waals surface area contributed by atoms with Gasteiger partial charge in [-0.05, 0) is 24.5 Å². The van der Waals surface area contributed by atoms with Gasteiger partial charge in [0.25, 0.3) is 0 Å². The number of ether oxygens (including phenoxy) is 1. The summed E-state index contributed by atoms with van der Waals surface area (Å²) in [7, 11) is 0. The summed E-state index contributed by atoms with van der Waals surface area (Å²) < 4.78 is 66.9. The van der Waals surface area contributed by atoms with E-state index in [1.54, 1.807) is 0 Å². The van der Waals surface area contributed by atoms with Gasteiger partial charge in [0.05, 0.1) is 6.61 Å². The molecule has 1 atom stereocenters. The van der Waals surface area contributed by atoms with Gasteiger partial charge in [-0.2, -0.15) is 0 Å². The van der Waals surface area contributed by atoms with Crippen LogP contribution in [0.25, 0.3) is 0 Å². The lowest BCUT2D eigenvalue weighted by molar-refractivity contribution is -0.324. The van der Waals surface area contributed by atoms with Gasteiger partial charge in [-0.3, -0.25) is 9.53 Å². The van der Waals surface area contributed by atoms with Crippen molar-refractivity contribution in [2.75, 3.05) is 19.7 Å². The molecule has 8 heteroatoms. The summed E-state index contributed by atoms with van der Waals surface area (Å²) in [6.07, 6.45) is -3.67. The Morgan fingerprint density at radius 1 is 1.26 bits per heavy atom. The molecule has 0 unspecified atom stereocenters. The molecule has 0 bridgehead atoms. The zero-order valence-electron chi connectivity index (χ0n) is 12.2. The van der Waals surface area contributed by atoms with Crippen molar-refractivity contribution in [3.8, 4) is 0 Å². The molecule has 1 aliphatic rings. The first-order chi connectivity index (χ1) is 10.8. The smallest absolute Gasteiger partial charge is 0.340 e. The van der Waals surface area contributed by atoms with E-state index in [1.165, 1.54) is 17.0 Å². The molecular formula is C15H16F5NO2. The lowest BCUT2D eigenvalue weighted by atomic mass is 9.93. The molecule has 128 valence electrons. The van der Waals surface area contributed by atoms with Crippen LogP contribution in [-0.4, -0.2) is 36.9 Å². The molecule has 3 nitrogen and oxygen atoms in total. The number of rotatable bonds is 4. The number of carbonyl (C=O) groups excluding carboxylic acids is 1. The van der Waals surface area contributed by atoms with Gasteiger partial charge in [-0.25, -0.2) is 8.78 Å². The van der Waals surface area contributed by atoms with Crippen molar-refractivity contribution in [3.63, 3.8) is 0 Å². The molecule has 1 aliphatic heterocycles. The molecule has 2 rings (SSSR count). The molecule has 23 heavy (non-hydrogen) atoms. The van der Waals surface area contributed by atoms with Crippen molar-refractivity contribution >= 4 is 5.91 Å². The average molecular weight is 337 g/mol. The maximum atomic E-state index is 13.9. The molecule has 1 aromatic rings. The van der Waals surface area contributed by atoms with Crippen LogP contribution in [0.4, 0.5) is 22.0 Å². The largest absolute Gasteiger partial charge is 0.522 e. The zero-order chi connectivity index (χ0) is 17.0. The van der Waals surface area contributed by atoms with Crippen LogP contribution < -0.4 is 0 Å². The van der Waals surface area contributed by atoms with Crippen molar-refractivity contribution in [1.82, 2.24) is 4.90 Å². The summed E-state index contributed by atoms with van der Waals surface area (Å²) in [6, 6.07) is 3.80. The molecule has 0 spiro atoms. The quantitative estimate of drug-likeness (QED) is 0.786. The van der Waals surface area contributed by atoms with Gasteiger partial charge in [0.1, 0.15) is 0 Å². The van der Waals surface area contributed by atoms with Crippen LogP contribution in [0.1, 0.15) is 30.7 Å². The molecule has 0 saturated carbocycles. The number of hydrogen-bond acceptors (Lipinski definition) is 2. The fraction of sp³-hybridized carbons (Fsp3) is 0.533. The summed E-state index contributed by atoms with van der Waals surface area (Å²) >= 11 is 0. The van der Waals surface area contributed by atoms with Crippen LogP contribution in [0.3, 0.4) is 0 Å². The summed E-state index contributed by atoms with van der Waals surface area (Å²) in [5, 5.41) is 0. The third-order valence-electron chi connectivity index (χ3n) is 3.78. The second kappa shape index (κ2) is 7.25. The number of likely N-dealkylation sites (tertiary alicyclic amines) is 1. The normalized spacial score (nSPS) is 19.8. The lowest BCUT2D eigenvalue weighted by Crippen LogP contribution is -2.36. The Kier molecular flexibility index (Phi) is 5.56. The number of hydrogen-bond donors (Lipinski definition) is 0. The summed E-state index contributed by atoms with van der Waals surface area (Å²) in [6.45, 7) is -0.889. The summed E-state index contributed by atoms with van der Waals surface area (Å²) in [5.41, 5.74) is 0.140. The second-order valence-electron chi connectivity index (χ2n) is 5.37. The number of amides is 1. The minimum Gasteiger partial charge on any atom is -0.340 e. The summed E-state index contributed by atoms with van der Waals surface area (Å²) in [5.74, 6) is -2.72. The van der Waals surface area contributed by atoms with E-state index in [0.717, 1.165) is 6.07 Å². The maximum absolute atomic E-state index is 13.9. The van der Waals surface area contributed by atoms with Crippen molar-refractivity contribution in [3.05, 3.63) is 35.4 Å². The maximum Gasteiger partial charge on any atom is 0.522 e. The first kappa shape index (κ1) is 17.7. The molecular weight excluding hydrogens is 321 g/mol. The molecule has 1 aromatic carbocycles. The van der Waals surface area contributed by atoms with Crippen molar-refractivity contribution in [2.24, 2.45) is 0 Å². The van der Waals surface area contributed by atoms with Gasteiger partial charge < -0.3 is 4.90 Å². The third-order valence-corrected chi connectivity index (χ3v) is 3.78. The Bertz CT molecular complexity index is 561. The zero-order valence-corrected chi connectivity index (χ0v) is 12.2. The lowest BCUT2D eigenvalue weighted by Gasteiger charge is -2.25. The molecule has 1 saturated heterocycles. The van der Waals surface area contributed by atoms with Gasteiger partial charge in [-0.1, -0.05) is 12.1 Å². The molecule has 0 aliphatic carbocycles. The minimum atomic E-state index is -4.76. The molecule has 0 aromatic heterocycles. The Labute approximate surface area is 130 Å². The standard InChI is InChI=1S/C15H16F5NO2/c16-12-5-2-4-11(14(12)17)10-3-1-6-13(22)21(9-10)7-8-23-15(18,19)20/h2,4-5,10H,1,3,6-9H2/t10-/m1/s1. The molecule has 0 radical (unpaired) electrons. The Balaban J connectivity index is 2.08. The predicted octanol–water partition coefficient (Wildman–Crippen LogP) is 3.60. The fourth-order valence-corrected chi connectivity index (χ4v) is 2.69. The van der Waals surface area contributed by atoms with Crippen LogP contribution in [-0.2, 0) is 9.53 Å². The minimum absolute atomic E-state index is 0.0421. The number of carbonyl (C=O) groups is 1. The van der Waals surface area contributed by atoms with Gasteiger partial charge in [0.2, 0.25) is 5.91 Å². The van der Waals surface area contributed by atoms with Crippen LogP contribution >= 0.6 is 0 Å². The van der Waals surface area contributed by atoms with Crippen LogP contribution in [0, 0.1) is 11.6 Å². The SMILES string of the molecule is O=C1CCC[C@@H](c2cccc(F)c2F)CN1CCOC(F)(F)F. The highest BCUT2D eigenvalue weighted by atomic mass is 19.4. The topological polar surface area (TPSA) is 29.5 Å². The van der Waals surface area contributed by atoms with Gasteiger partial charge >= 0.3 is 6.36 Å². The highest BCUT2D eigenvalue weighted by Gasteiger charge is 2.31. The van der Waals surface area contributed by atoms with Gasteiger partial charge in [0.15, 0.2) is 11.6 Å². The van der Waals surface area contributed by atoms with Crippen LogP contribution in [0.5, 0.6) is 0 Å². The molecule has 0 N–H and O–H groups in total. The van der Waals surface area contributed by atoms with E-state index in [0.29, 0.717) is 12.8 Å². The van der Waals surface area contributed by atoms with E-state index in [9.17, 15) is 26.7 Å². The Hall–Kier alpha value is -1.70. The molecule has 1 heterocycles. The molecule has 1 amide bonds. The number of nitrogens with zero attached hydrogens (tertiary/aromatic N) is 1. The first-order valence-electron chi connectivity index (χ1n) is 7.20. The fourth-order valence-electron chi connectivity index (χ4n) is 2.69. The highest BCUT2D eigenvalue weighted by molar-refractivity contribution is 5.76. The molecule has 1 fully saturated rings. The van der Waals surface area contributed by atoms with E-state index in [1.807, 2.05) is 0 Å². The number of halogens is 5. The van der Waals surface area contributed by atoms with Crippen LogP contribution in [0.15, 0.2) is 18.2 Å². The highest BCUT2D eigenvalue weighted by Crippen LogP contribution is 2.29. The van der Waals surface area contributed by atoms with E-state index >= 15 is 0 Å². The van der Waals surface area contributed by atoms with Crippen molar-refractivity contribution < 1.29 is 31.5 Å². The Morgan fingerprint density at radius 3 is 2.70 bits per heavy atom. The predicted molar refractivity (Wildman–Crippen MR) is 71.5 cm³/mol. The van der Waals surface area contributed by atoms with E-state index in [-0.39, 0.29) is 31.0 Å². The monoisotopic (exact) mass is 337 g/mol. The first-order valence-corrected chi connectivity index (χ1v) is 7.20. The number of benzene rings is 1. The van der Waals surface area contributed by atoms with Gasteiger partial charge in [-0.15, -0.1) is 13.2 Å². The van der Waals surface area contributed by atoms with Crippen molar-refractivity contribution in [1.29, 1.82) is 0 Å². The van der Waals surface area contributed by atoms with Crippen molar-refractivity contribution in [2.45, 2.75) is 31.5 Å². The van der Waals surface area contributed by atoms with E-state index < -0.39 is 30.5 Å². The third kappa shape index (κ3) is 4.89. The number of alkyl halides is 3.